The molecule has 0 saturated carbocycles. The quantitative estimate of drug-likeness (QED) is 0.170. The monoisotopic (exact) mass is 745 g/mol. The van der Waals surface area contributed by atoms with Gasteiger partial charge in [-0.2, -0.15) is 0 Å². The van der Waals surface area contributed by atoms with Gasteiger partial charge in [-0.1, -0.05) is 85.2 Å². The van der Waals surface area contributed by atoms with Gasteiger partial charge >= 0.3 is 5.97 Å². The lowest BCUT2D eigenvalue weighted by Crippen LogP contribution is -2.62. The van der Waals surface area contributed by atoms with Crippen LogP contribution >= 0.6 is 0 Å². The molecule has 1 fully saturated rings. The first-order valence-corrected chi connectivity index (χ1v) is 19.0. The third-order valence-electron chi connectivity index (χ3n) is 11.3. The molecule has 1 aliphatic rings. The van der Waals surface area contributed by atoms with E-state index in [-0.39, 0.29) is 48.3 Å². The number of ether oxygens (including phenoxy) is 3. The average molecular weight is 746 g/mol. The van der Waals surface area contributed by atoms with E-state index in [4.69, 9.17) is 19.9 Å². The van der Waals surface area contributed by atoms with Gasteiger partial charge in [-0.3, -0.25) is 19.2 Å². The molecular weight excluding hydrogens is 678 g/mol. The fourth-order valence-electron chi connectivity index (χ4n) is 7.09. The predicted octanol–water partition coefficient (Wildman–Crippen LogP) is 3.32. The van der Waals surface area contributed by atoms with Gasteiger partial charge in [0, 0.05) is 34.2 Å². The third-order valence-corrected chi connectivity index (χ3v) is 11.3. The summed E-state index contributed by atoms with van der Waals surface area (Å²) < 4.78 is 16.9. The maximum absolute atomic E-state index is 14.2. The predicted molar refractivity (Wildman–Crippen MR) is 204 cm³/mol. The molecule has 9 atom stereocenters. The molecule has 0 spiro atoms. The first-order valence-electron chi connectivity index (χ1n) is 19.0. The second-order valence-electron chi connectivity index (χ2n) is 15.5. The third kappa shape index (κ3) is 11.7. The number of amides is 4. The van der Waals surface area contributed by atoms with Gasteiger partial charge in [0.15, 0.2) is 0 Å². The number of nitrogens with zero attached hydrogens (tertiary/aromatic N) is 2. The van der Waals surface area contributed by atoms with Gasteiger partial charge in [0.25, 0.3) is 0 Å². The Morgan fingerprint density at radius 3 is 2.11 bits per heavy atom. The highest BCUT2D eigenvalue weighted by atomic mass is 16.5. The van der Waals surface area contributed by atoms with Gasteiger partial charge in [-0.25, -0.2) is 4.79 Å². The van der Waals surface area contributed by atoms with Crippen LogP contribution in [0.2, 0.25) is 0 Å². The van der Waals surface area contributed by atoms with Crippen molar-refractivity contribution in [3.63, 3.8) is 0 Å². The Labute approximate surface area is 317 Å². The first kappa shape index (κ1) is 45.6. The molecule has 1 aromatic carbocycles. The Hall–Kier alpha value is -3.55. The molecule has 0 unspecified atom stereocenters. The van der Waals surface area contributed by atoms with Gasteiger partial charge in [-0.05, 0) is 43.1 Å². The van der Waals surface area contributed by atoms with Crippen LogP contribution in [0.15, 0.2) is 30.3 Å². The standard InChI is InChI=1S/C40H67N5O8/c1-13-26(6)34(44(9)37(48)33(24(2)3)43-39(50)40(8,41)25(4)5)31(51-10)23-32(46)45-21-17-20-30(45)35(52-11)27(7)36(47)42-29(38(49)53-12)22-28-18-15-14-16-19-28/h14-16,18-19,24-27,29-31,33-35H,13,17,20-23,41H2,1-12H3,(H,42,47)(H,43,50)/t26-,27+,29-,30-,31+,33-,34-,35+,40-/m0/s1. The van der Waals surface area contributed by atoms with E-state index in [1.165, 1.54) is 21.3 Å². The van der Waals surface area contributed by atoms with Crippen LogP contribution in [0.1, 0.15) is 86.6 Å². The maximum Gasteiger partial charge on any atom is 0.328 e. The highest BCUT2D eigenvalue weighted by molar-refractivity contribution is 5.92. The molecule has 1 aliphatic heterocycles. The van der Waals surface area contributed by atoms with Crippen LogP contribution in [-0.4, -0.2) is 116 Å². The Balaban J connectivity index is 2.28. The summed E-state index contributed by atoms with van der Waals surface area (Å²) in [7, 11) is 6.04. The average Bonchev–Trinajstić information content (AvgIpc) is 3.62. The molecule has 0 radical (unpaired) electrons. The lowest BCUT2D eigenvalue weighted by Gasteiger charge is -2.41. The highest BCUT2D eigenvalue weighted by Gasteiger charge is 2.44. The maximum atomic E-state index is 14.2. The van der Waals surface area contributed by atoms with Crippen molar-refractivity contribution in [2.45, 2.75) is 129 Å². The van der Waals surface area contributed by atoms with Crippen molar-refractivity contribution in [1.29, 1.82) is 0 Å². The van der Waals surface area contributed by atoms with E-state index < -0.39 is 59.7 Å². The minimum Gasteiger partial charge on any atom is -0.467 e. The van der Waals surface area contributed by atoms with Gasteiger partial charge in [0.1, 0.15) is 12.1 Å². The summed E-state index contributed by atoms with van der Waals surface area (Å²) in [6, 6.07) is 6.75. The van der Waals surface area contributed by atoms with E-state index in [9.17, 15) is 24.0 Å². The summed E-state index contributed by atoms with van der Waals surface area (Å²) >= 11 is 0. The van der Waals surface area contributed by atoms with Crippen molar-refractivity contribution in [2.24, 2.45) is 29.4 Å². The number of likely N-dealkylation sites (N-methyl/N-ethyl adjacent to an activating group) is 1. The van der Waals surface area contributed by atoms with E-state index in [2.05, 4.69) is 10.6 Å². The van der Waals surface area contributed by atoms with Crippen LogP contribution in [0.3, 0.4) is 0 Å². The molecule has 4 amide bonds. The number of rotatable bonds is 20. The van der Waals surface area contributed by atoms with Gasteiger partial charge in [0.05, 0.1) is 49.3 Å². The second-order valence-corrected chi connectivity index (χ2v) is 15.5. The summed E-state index contributed by atoms with van der Waals surface area (Å²) in [5.74, 6) is -2.94. The summed E-state index contributed by atoms with van der Waals surface area (Å²) in [5, 5.41) is 5.76. The fourth-order valence-corrected chi connectivity index (χ4v) is 7.09. The molecule has 4 N–H and O–H groups in total. The van der Waals surface area contributed by atoms with Crippen LogP contribution in [0.4, 0.5) is 0 Å². The van der Waals surface area contributed by atoms with Gasteiger partial charge in [-0.15, -0.1) is 0 Å². The fraction of sp³-hybridized carbons (Fsp3) is 0.725. The number of methoxy groups -OCH3 is 3. The van der Waals surface area contributed by atoms with Crippen molar-refractivity contribution >= 4 is 29.6 Å². The molecule has 0 bridgehead atoms. The number of nitrogens with one attached hydrogen (secondary N) is 2. The second kappa shape index (κ2) is 20.8. The van der Waals surface area contributed by atoms with E-state index in [1.54, 1.807) is 30.7 Å². The zero-order valence-corrected chi connectivity index (χ0v) is 34.1. The number of hydrogen-bond donors (Lipinski definition) is 3. The Bertz CT molecular complexity index is 1360. The minimum atomic E-state index is -1.17. The summed E-state index contributed by atoms with van der Waals surface area (Å²) in [6.45, 7) is 15.4. The van der Waals surface area contributed by atoms with E-state index in [0.29, 0.717) is 19.4 Å². The molecule has 2 rings (SSSR count). The van der Waals surface area contributed by atoms with Gasteiger partial charge in [0.2, 0.25) is 23.6 Å². The molecular formula is C40H67N5O8. The Kier molecular flexibility index (Phi) is 17.9. The molecule has 1 saturated heterocycles. The number of hydrogen-bond acceptors (Lipinski definition) is 9. The van der Waals surface area contributed by atoms with E-state index in [1.807, 2.05) is 71.9 Å². The van der Waals surface area contributed by atoms with Crippen LogP contribution in [0.5, 0.6) is 0 Å². The SMILES string of the molecule is CC[C@H](C)[C@@H]([C@@H](CC(=O)N1CCC[C@H]1[C@H](OC)[C@@H](C)C(=O)N[C@@H](Cc1ccccc1)C(=O)OC)OC)N(C)C(=O)[C@@H](NC(=O)[C@@](C)(N)C(C)C)C(C)C. The van der Waals surface area contributed by atoms with Crippen molar-refractivity contribution < 1.29 is 38.2 Å². The lowest BCUT2D eigenvalue weighted by atomic mass is 9.87. The minimum absolute atomic E-state index is 0.00888. The van der Waals surface area contributed by atoms with E-state index >= 15 is 0 Å². The summed E-state index contributed by atoms with van der Waals surface area (Å²) in [6.07, 6.45) is 1.01. The van der Waals surface area contributed by atoms with Crippen molar-refractivity contribution in [3.05, 3.63) is 35.9 Å². The number of nitrogens with two attached hydrogens (primary N) is 1. The molecule has 300 valence electrons. The zero-order chi connectivity index (χ0) is 40.2. The molecule has 1 heterocycles. The molecule has 0 aliphatic carbocycles. The molecule has 13 heteroatoms. The Morgan fingerprint density at radius 1 is 0.981 bits per heavy atom. The topological polar surface area (TPSA) is 170 Å². The first-order chi connectivity index (χ1) is 24.9. The number of likely N-dealkylation sites (tertiary alicyclic amines) is 1. The molecule has 1 aromatic rings. The van der Waals surface area contributed by atoms with Crippen molar-refractivity contribution in [3.8, 4) is 0 Å². The van der Waals surface area contributed by atoms with Crippen molar-refractivity contribution in [1.82, 2.24) is 20.4 Å². The molecule has 53 heavy (non-hydrogen) atoms. The Morgan fingerprint density at radius 2 is 1.60 bits per heavy atom. The number of carbonyl (C=O) groups is 5. The molecule has 0 aromatic heterocycles. The smallest absolute Gasteiger partial charge is 0.328 e. The van der Waals surface area contributed by atoms with Crippen molar-refractivity contribution in [2.75, 3.05) is 34.9 Å². The number of carbonyl (C=O) groups excluding carboxylic acids is 5. The van der Waals surface area contributed by atoms with Crippen LogP contribution in [-0.2, 0) is 44.6 Å². The largest absolute Gasteiger partial charge is 0.467 e. The zero-order valence-electron chi connectivity index (χ0n) is 34.1. The summed E-state index contributed by atoms with van der Waals surface area (Å²) in [4.78, 5) is 71.2. The van der Waals surface area contributed by atoms with Crippen LogP contribution < -0.4 is 16.4 Å². The summed E-state index contributed by atoms with van der Waals surface area (Å²) in [5.41, 5.74) is 6.04. The highest BCUT2D eigenvalue weighted by Crippen LogP contribution is 2.30. The lowest BCUT2D eigenvalue weighted by molar-refractivity contribution is -0.149. The van der Waals surface area contributed by atoms with E-state index in [0.717, 1.165) is 12.0 Å². The number of benzene rings is 1. The molecule has 13 nitrogen and oxygen atoms in total. The van der Waals surface area contributed by atoms with Crippen LogP contribution in [0.25, 0.3) is 0 Å². The normalized spacial score (nSPS) is 19.7. The van der Waals surface area contributed by atoms with Crippen LogP contribution in [0, 0.1) is 23.7 Å². The van der Waals surface area contributed by atoms with Gasteiger partial charge < -0.3 is 40.4 Å². The number of esters is 1.